The van der Waals surface area contributed by atoms with Crippen LogP contribution < -0.4 is 0 Å². The predicted molar refractivity (Wildman–Crippen MR) is 134 cm³/mol. The largest absolute Gasteiger partial charge is 0.490 e. The van der Waals surface area contributed by atoms with E-state index in [2.05, 4.69) is 40.7 Å². The van der Waals surface area contributed by atoms with Crippen LogP contribution in [0.3, 0.4) is 0 Å². The molecule has 0 bridgehead atoms. The minimum absolute atomic E-state index is 0.00314. The summed E-state index contributed by atoms with van der Waals surface area (Å²) in [5.74, 6) is 2.50. The smallest absolute Gasteiger partial charge is 0.175 e. The maximum absolute atomic E-state index is 13.8. The van der Waals surface area contributed by atoms with E-state index >= 15 is 0 Å². The molecule has 3 aliphatic carbocycles. The van der Waals surface area contributed by atoms with Crippen molar-refractivity contribution < 1.29 is 14.3 Å². The van der Waals surface area contributed by atoms with Crippen molar-refractivity contribution in [3.05, 3.63) is 23.0 Å². The molecule has 0 saturated heterocycles. The van der Waals surface area contributed by atoms with E-state index in [0.717, 1.165) is 37.0 Å². The van der Waals surface area contributed by atoms with Crippen LogP contribution in [0.25, 0.3) is 0 Å². The molecule has 0 unspecified atom stereocenters. The van der Waals surface area contributed by atoms with Crippen LogP contribution >= 0.6 is 0 Å². The molecule has 3 nitrogen and oxygen atoms in total. The van der Waals surface area contributed by atoms with Crippen molar-refractivity contribution in [2.24, 2.45) is 39.9 Å². The van der Waals surface area contributed by atoms with Gasteiger partial charge in [0.05, 0.1) is 10.8 Å². The van der Waals surface area contributed by atoms with Gasteiger partial charge in [0.15, 0.2) is 11.6 Å². The Morgan fingerprint density at radius 3 is 2.27 bits per heavy atom. The summed E-state index contributed by atoms with van der Waals surface area (Å²) in [5, 5.41) is 0. The number of allylic oxidation sites excluding steroid dienone is 4. The van der Waals surface area contributed by atoms with Crippen LogP contribution in [0, 0.1) is 39.9 Å². The molecule has 1 saturated carbocycles. The lowest BCUT2D eigenvalue weighted by atomic mass is 9.47. The average Bonchev–Trinajstić information content (AvgIpc) is 2.73. The van der Waals surface area contributed by atoms with Crippen molar-refractivity contribution in [3.63, 3.8) is 0 Å². The highest BCUT2D eigenvalue weighted by atomic mass is 16.5. The SMILES string of the molecule is C/C1=C\CC[C@@]2(C[C@H](CC(C)C)C3=C(O2)C(C)(C)C(=O)C(C)(C)C3=O)[C@H]2CC(C)(C)[C@@H]2CC1. The van der Waals surface area contributed by atoms with Crippen LogP contribution in [0.15, 0.2) is 23.0 Å². The first-order valence-electron chi connectivity index (χ1n) is 13.3. The van der Waals surface area contributed by atoms with Crippen LogP contribution in [-0.2, 0) is 14.3 Å². The summed E-state index contributed by atoms with van der Waals surface area (Å²) in [7, 11) is 0. The standard InChI is InChI=1S/C30H46O3/c1-18(2)15-20-16-30(14-10-11-19(3)12-13-21-22(30)17-27(21,4)5)33-25-23(20)24(31)28(6,7)26(32)29(25,8)9/h11,18,20-22H,10,12-17H2,1-9H3/b19-11+/t20-,21+,22-,30+/m0/s1. The molecule has 4 aliphatic rings. The van der Waals surface area contributed by atoms with Gasteiger partial charge in [0, 0.05) is 11.5 Å². The van der Waals surface area contributed by atoms with E-state index in [-0.39, 0.29) is 23.1 Å². The Morgan fingerprint density at radius 2 is 1.67 bits per heavy atom. The summed E-state index contributed by atoms with van der Waals surface area (Å²) in [5.41, 5.74) is 0.625. The van der Waals surface area contributed by atoms with Crippen molar-refractivity contribution >= 4 is 11.6 Å². The fraction of sp³-hybridized carbons (Fsp3) is 0.800. The summed E-state index contributed by atoms with van der Waals surface area (Å²) < 4.78 is 7.14. The van der Waals surface area contributed by atoms with Gasteiger partial charge in [-0.1, -0.05) is 39.3 Å². The van der Waals surface area contributed by atoms with E-state index in [1.807, 2.05) is 27.7 Å². The van der Waals surface area contributed by atoms with Crippen LogP contribution in [0.5, 0.6) is 0 Å². The second kappa shape index (κ2) is 7.82. The molecule has 33 heavy (non-hydrogen) atoms. The molecule has 0 radical (unpaired) electrons. The monoisotopic (exact) mass is 454 g/mol. The number of carbonyl (C=O) groups is 2. The molecule has 4 rings (SSSR count). The van der Waals surface area contributed by atoms with Gasteiger partial charge in [-0.05, 0) is 103 Å². The fourth-order valence-electron chi connectivity index (χ4n) is 7.85. The van der Waals surface area contributed by atoms with Gasteiger partial charge in [-0.25, -0.2) is 0 Å². The summed E-state index contributed by atoms with van der Waals surface area (Å²) in [6.07, 6.45) is 9.85. The molecule has 1 aliphatic heterocycles. The first-order valence-corrected chi connectivity index (χ1v) is 13.3. The Kier molecular flexibility index (Phi) is 5.86. The lowest BCUT2D eigenvalue weighted by Gasteiger charge is -2.62. The average molecular weight is 455 g/mol. The zero-order valence-electron chi connectivity index (χ0n) is 22.6. The molecule has 1 heterocycles. The Balaban J connectivity index is 1.86. The maximum Gasteiger partial charge on any atom is 0.175 e. The topological polar surface area (TPSA) is 43.4 Å². The number of rotatable bonds is 2. The predicted octanol–water partition coefficient (Wildman–Crippen LogP) is 7.45. The third-order valence-corrected chi connectivity index (χ3v) is 9.64. The van der Waals surface area contributed by atoms with E-state index in [1.165, 1.54) is 24.8 Å². The van der Waals surface area contributed by atoms with Gasteiger partial charge in [-0.2, -0.15) is 0 Å². The number of ketones is 2. The molecule has 0 N–H and O–H groups in total. The third-order valence-electron chi connectivity index (χ3n) is 9.64. The van der Waals surface area contributed by atoms with Crippen molar-refractivity contribution in [2.75, 3.05) is 0 Å². The second-order valence-corrected chi connectivity index (χ2v) is 13.9. The first kappa shape index (κ1) is 24.7. The van der Waals surface area contributed by atoms with E-state index in [1.54, 1.807) is 0 Å². The van der Waals surface area contributed by atoms with Crippen LogP contribution in [0.2, 0.25) is 0 Å². The van der Waals surface area contributed by atoms with Crippen LogP contribution in [-0.4, -0.2) is 17.2 Å². The van der Waals surface area contributed by atoms with Crippen molar-refractivity contribution in [1.29, 1.82) is 0 Å². The quantitative estimate of drug-likeness (QED) is 0.321. The lowest BCUT2D eigenvalue weighted by Crippen LogP contribution is -2.61. The normalized spacial score (nSPS) is 38.8. The van der Waals surface area contributed by atoms with Gasteiger partial charge in [0.2, 0.25) is 0 Å². The molecular weight excluding hydrogens is 408 g/mol. The number of Topliss-reactive ketones (excluding diaryl/α,β-unsaturated/α-hetero) is 2. The van der Waals surface area contributed by atoms with E-state index in [0.29, 0.717) is 23.2 Å². The second-order valence-electron chi connectivity index (χ2n) is 13.9. The van der Waals surface area contributed by atoms with Crippen LogP contribution in [0.4, 0.5) is 0 Å². The third kappa shape index (κ3) is 3.76. The summed E-state index contributed by atoms with van der Waals surface area (Å²) in [6, 6.07) is 0. The highest BCUT2D eigenvalue weighted by molar-refractivity contribution is 6.19. The molecule has 0 aromatic carbocycles. The highest BCUT2D eigenvalue weighted by Crippen LogP contribution is 2.64. The van der Waals surface area contributed by atoms with Gasteiger partial charge in [-0.15, -0.1) is 0 Å². The van der Waals surface area contributed by atoms with Gasteiger partial charge < -0.3 is 4.74 Å². The molecule has 184 valence electrons. The Labute approximate surface area is 201 Å². The molecule has 0 amide bonds. The fourth-order valence-corrected chi connectivity index (χ4v) is 7.85. The zero-order chi connectivity index (χ0) is 24.6. The first-order chi connectivity index (χ1) is 15.1. The molecule has 4 atom stereocenters. The number of hydrogen-bond acceptors (Lipinski definition) is 3. The van der Waals surface area contributed by atoms with E-state index < -0.39 is 10.8 Å². The van der Waals surface area contributed by atoms with Crippen LogP contribution in [0.1, 0.15) is 107 Å². The number of ether oxygens (including phenoxy) is 1. The molecule has 3 heteroatoms. The highest BCUT2D eigenvalue weighted by Gasteiger charge is 2.63. The van der Waals surface area contributed by atoms with Gasteiger partial charge in [0.25, 0.3) is 0 Å². The number of carbonyl (C=O) groups excluding carboxylic acids is 2. The van der Waals surface area contributed by atoms with Crippen molar-refractivity contribution in [2.45, 2.75) is 113 Å². The van der Waals surface area contributed by atoms with E-state index in [4.69, 9.17) is 4.74 Å². The molecule has 0 aromatic heterocycles. The van der Waals surface area contributed by atoms with E-state index in [9.17, 15) is 9.59 Å². The minimum Gasteiger partial charge on any atom is -0.490 e. The Hall–Kier alpha value is -1.38. The minimum atomic E-state index is -0.981. The molecule has 0 aromatic rings. The summed E-state index contributed by atoms with van der Waals surface area (Å²) >= 11 is 0. The van der Waals surface area contributed by atoms with Gasteiger partial charge >= 0.3 is 0 Å². The van der Waals surface area contributed by atoms with Gasteiger partial charge in [-0.3, -0.25) is 9.59 Å². The van der Waals surface area contributed by atoms with Gasteiger partial charge in [0.1, 0.15) is 11.4 Å². The zero-order valence-corrected chi connectivity index (χ0v) is 22.6. The molecule has 1 fully saturated rings. The molecule has 1 spiro atoms. The van der Waals surface area contributed by atoms with Crippen molar-refractivity contribution in [3.8, 4) is 0 Å². The Morgan fingerprint density at radius 1 is 1.00 bits per heavy atom. The number of fused-ring (bicyclic) bond motifs is 2. The molecular formula is C30H46O3. The van der Waals surface area contributed by atoms with Crippen molar-refractivity contribution in [1.82, 2.24) is 0 Å². The summed E-state index contributed by atoms with van der Waals surface area (Å²) in [4.78, 5) is 27.3. The Bertz CT molecular complexity index is 913. The maximum atomic E-state index is 13.8. The number of hydrogen-bond donors (Lipinski definition) is 0. The lowest BCUT2D eigenvalue weighted by molar-refractivity contribution is -0.191. The summed E-state index contributed by atoms with van der Waals surface area (Å²) in [6.45, 7) is 19.2.